The number of hydrogen-bond donors (Lipinski definition) is 1. The van der Waals surface area contributed by atoms with Crippen molar-refractivity contribution in [3.05, 3.63) is 59.2 Å². The molecule has 0 bridgehead atoms. The maximum atomic E-state index is 13.0. The highest BCUT2D eigenvalue weighted by Crippen LogP contribution is 2.40. The normalized spacial score (nSPS) is 17.8. The number of ether oxygens (including phenoxy) is 1. The first-order valence-electron chi connectivity index (χ1n) is 10.8. The Bertz CT molecular complexity index is 1100. The Morgan fingerprint density at radius 3 is 2.34 bits per heavy atom. The van der Waals surface area contributed by atoms with E-state index in [1.807, 2.05) is 51.1 Å². The second-order valence-corrected chi connectivity index (χ2v) is 12.2. The fourth-order valence-electron chi connectivity index (χ4n) is 4.00. The first-order chi connectivity index (χ1) is 14.7. The molecule has 0 aromatic heterocycles. The molecule has 1 amide bonds. The lowest BCUT2D eigenvalue weighted by atomic mass is 9.87. The monoisotopic (exact) mass is 458 g/mol. The molecule has 1 heterocycles. The molecule has 1 atom stereocenters. The molecule has 0 radical (unpaired) electrons. The van der Waals surface area contributed by atoms with Crippen LogP contribution in [0.15, 0.2) is 42.5 Å². The van der Waals surface area contributed by atoms with Gasteiger partial charge in [0.15, 0.2) is 0 Å². The molecule has 1 unspecified atom stereocenters. The van der Waals surface area contributed by atoms with Crippen LogP contribution >= 0.6 is 0 Å². The molecule has 1 aliphatic heterocycles. The summed E-state index contributed by atoms with van der Waals surface area (Å²) in [6.07, 6.45) is 1.71. The molecule has 1 N–H and O–H groups in total. The minimum absolute atomic E-state index is 0.0484. The minimum atomic E-state index is -3.64. The number of fused-ring (bicyclic) bond motifs is 1. The van der Waals surface area contributed by atoms with Gasteiger partial charge in [-0.1, -0.05) is 50.6 Å². The zero-order chi connectivity index (χ0) is 23.9. The van der Waals surface area contributed by atoms with Gasteiger partial charge < -0.3 is 10.1 Å². The van der Waals surface area contributed by atoms with Crippen LogP contribution in [0.4, 0.5) is 5.69 Å². The summed E-state index contributed by atoms with van der Waals surface area (Å²) in [5, 5.41) is 3.04. The van der Waals surface area contributed by atoms with Crippen molar-refractivity contribution < 1.29 is 17.9 Å². The van der Waals surface area contributed by atoms with E-state index in [2.05, 4.69) is 26.1 Å². The van der Waals surface area contributed by atoms with Gasteiger partial charge in [0.05, 0.1) is 18.0 Å². The van der Waals surface area contributed by atoms with E-state index in [4.69, 9.17) is 4.74 Å². The second kappa shape index (κ2) is 8.43. The van der Waals surface area contributed by atoms with Gasteiger partial charge in [0.25, 0.3) is 0 Å². The van der Waals surface area contributed by atoms with Crippen molar-refractivity contribution in [3.8, 4) is 5.75 Å². The molecule has 0 aliphatic carbocycles. The zero-order valence-electron chi connectivity index (χ0n) is 20.0. The Morgan fingerprint density at radius 1 is 1.16 bits per heavy atom. The Labute approximate surface area is 192 Å². The predicted molar refractivity (Wildman–Crippen MR) is 129 cm³/mol. The molecular formula is C25H34N2O4S. The van der Waals surface area contributed by atoms with Crippen LogP contribution in [0.5, 0.6) is 5.75 Å². The summed E-state index contributed by atoms with van der Waals surface area (Å²) < 4.78 is 32.2. The highest BCUT2D eigenvalue weighted by Gasteiger charge is 2.35. The van der Waals surface area contributed by atoms with Gasteiger partial charge in [-0.15, -0.1) is 0 Å². The van der Waals surface area contributed by atoms with Crippen molar-refractivity contribution in [2.24, 2.45) is 0 Å². The zero-order valence-corrected chi connectivity index (χ0v) is 20.8. The van der Waals surface area contributed by atoms with Crippen molar-refractivity contribution in [2.75, 3.05) is 17.1 Å². The summed E-state index contributed by atoms with van der Waals surface area (Å²) in [5.74, 6) is 0.389. The van der Waals surface area contributed by atoms with E-state index in [-0.39, 0.29) is 23.9 Å². The van der Waals surface area contributed by atoms with Gasteiger partial charge in [-0.2, -0.15) is 0 Å². The quantitative estimate of drug-likeness (QED) is 0.717. The molecule has 0 saturated carbocycles. The lowest BCUT2D eigenvalue weighted by Gasteiger charge is -2.38. The van der Waals surface area contributed by atoms with Crippen molar-refractivity contribution in [1.82, 2.24) is 5.32 Å². The maximum absolute atomic E-state index is 13.0. The van der Waals surface area contributed by atoms with Gasteiger partial charge in [0, 0.05) is 12.0 Å². The van der Waals surface area contributed by atoms with Crippen molar-refractivity contribution >= 4 is 21.6 Å². The van der Waals surface area contributed by atoms with Gasteiger partial charge in [-0.05, 0) is 49.9 Å². The average Bonchev–Trinajstić information content (AvgIpc) is 2.64. The summed E-state index contributed by atoms with van der Waals surface area (Å²) in [5.41, 5.74) is 3.06. The molecular weight excluding hydrogens is 424 g/mol. The van der Waals surface area contributed by atoms with Crippen LogP contribution in [-0.2, 0) is 20.2 Å². The summed E-state index contributed by atoms with van der Waals surface area (Å²) in [4.78, 5) is 13.0. The lowest BCUT2D eigenvalue weighted by molar-refractivity contribution is -0.120. The van der Waals surface area contributed by atoms with Crippen molar-refractivity contribution in [2.45, 2.75) is 65.0 Å². The third-order valence-corrected chi connectivity index (χ3v) is 6.81. The van der Waals surface area contributed by atoms with Gasteiger partial charge in [-0.3, -0.25) is 9.10 Å². The smallest absolute Gasteiger partial charge is 0.241 e. The third kappa shape index (κ3) is 5.63. The van der Waals surface area contributed by atoms with E-state index in [0.717, 1.165) is 33.0 Å². The maximum Gasteiger partial charge on any atom is 0.241 e. The topological polar surface area (TPSA) is 75.7 Å². The number of nitrogens with zero attached hydrogens (tertiary/aromatic N) is 1. The van der Waals surface area contributed by atoms with Gasteiger partial charge in [0.2, 0.25) is 15.9 Å². The van der Waals surface area contributed by atoms with Crippen molar-refractivity contribution in [3.63, 3.8) is 0 Å². The van der Waals surface area contributed by atoms with Crippen LogP contribution in [-0.4, -0.2) is 32.7 Å². The number of rotatable bonds is 5. The Morgan fingerprint density at radius 2 is 1.78 bits per heavy atom. The first kappa shape index (κ1) is 24.1. The van der Waals surface area contributed by atoms with Gasteiger partial charge >= 0.3 is 0 Å². The highest BCUT2D eigenvalue weighted by molar-refractivity contribution is 7.92. The van der Waals surface area contributed by atoms with Crippen molar-refractivity contribution in [1.29, 1.82) is 0 Å². The number of anilines is 1. The third-order valence-electron chi connectivity index (χ3n) is 5.67. The van der Waals surface area contributed by atoms with Gasteiger partial charge in [-0.25, -0.2) is 8.42 Å². The van der Waals surface area contributed by atoms with Crippen LogP contribution in [0.25, 0.3) is 0 Å². The number of amides is 1. The van der Waals surface area contributed by atoms with E-state index >= 15 is 0 Å². The summed E-state index contributed by atoms with van der Waals surface area (Å²) in [6.45, 7) is 12.0. The van der Waals surface area contributed by atoms with E-state index in [0.29, 0.717) is 12.1 Å². The predicted octanol–water partition coefficient (Wildman–Crippen LogP) is 4.48. The van der Waals surface area contributed by atoms with E-state index in [1.165, 1.54) is 0 Å². The largest absolute Gasteiger partial charge is 0.487 e. The van der Waals surface area contributed by atoms with Gasteiger partial charge in [0.1, 0.15) is 17.9 Å². The lowest BCUT2D eigenvalue weighted by Crippen LogP contribution is -2.45. The Balaban J connectivity index is 1.83. The van der Waals surface area contributed by atoms with Crippen LogP contribution in [0, 0.1) is 6.92 Å². The Kier molecular flexibility index (Phi) is 6.35. The standard InChI is InChI=1S/C25H34N2O4S/c1-17-8-13-22-20(14-17)21(15-25(5,6)31-22)26-23(28)16-27(32(7,29)30)19-11-9-18(10-12-19)24(2,3)4/h8-14,21H,15-16H2,1-7H3,(H,26,28). The number of nitrogens with one attached hydrogen (secondary N) is 1. The summed E-state index contributed by atoms with van der Waals surface area (Å²) in [6, 6.07) is 13.0. The molecule has 0 saturated heterocycles. The minimum Gasteiger partial charge on any atom is -0.487 e. The van der Waals surface area contributed by atoms with E-state index < -0.39 is 15.6 Å². The van der Waals surface area contributed by atoms with E-state index in [1.54, 1.807) is 12.1 Å². The Hall–Kier alpha value is -2.54. The van der Waals surface area contributed by atoms with Crippen LogP contribution in [0.2, 0.25) is 0 Å². The molecule has 2 aromatic carbocycles. The first-order valence-corrected chi connectivity index (χ1v) is 12.7. The molecule has 32 heavy (non-hydrogen) atoms. The number of carbonyl (C=O) groups excluding carboxylic acids is 1. The fourth-order valence-corrected chi connectivity index (χ4v) is 4.86. The van der Waals surface area contributed by atoms with Crippen LogP contribution in [0.3, 0.4) is 0 Å². The number of hydrogen-bond acceptors (Lipinski definition) is 4. The van der Waals surface area contributed by atoms with Crippen LogP contribution in [0.1, 0.15) is 63.8 Å². The SMILES string of the molecule is Cc1ccc2c(c1)C(NC(=O)CN(c1ccc(C(C)(C)C)cc1)S(C)(=O)=O)CC(C)(C)O2. The van der Waals surface area contributed by atoms with Crippen LogP contribution < -0.4 is 14.4 Å². The summed E-state index contributed by atoms with van der Waals surface area (Å²) >= 11 is 0. The molecule has 0 fully saturated rings. The molecule has 0 spiro atoms. The molecule has 2 aromatic rings. The molecule has 174 valence electrons. The number of aryl methyl sites for hydroxylation is 1. The number of benzene rings is 2. The summed E-state index contributed by atoms with van der Waals surface area (Å²) in [7, 11) is -3.64. The highest BCUT2D eigenvalue weighted by atomic mass is 32.2. The number of sulfonamides is 1. The number of carbonyl (C=O) groups is 1. The molecule has 1 aliphatic rings. The second-order valence-electron chi connectivity index (χ2n) is 10.3. The molecule has 6 nitrogen and oxygen atoms in total. The average molecular weight is 459 g/mol. The molecule has 3 rings (SSSR count). The molecule has 7 heteroatoms. The fraction of sp³-hybridized carbons (Fsp3) is 0.480. The van der Waals surface area contributed by atoms with E-state index in [9.17, 15) is 13.2 Å².